The van der Waals surface area contributed by atoms with Crippen molar-refractivity contribution in [3.63, 3.8) is 0 Å². The third-order valence-corrected chi connectivity index (χ3v) is 10.1. The molecule has 2 aliphatic rings. The monoisotopic (exact) mass is 519 g/mol. The predicted molar refractivity (Wildman–Crippen MR) is 145 cm³/mol. The summed E-state index contributed by atoms with van der Waals surface area (Å²) < 4.78 is 0.282. The van der Waals surface area contributed by atoms with Crippen LogP contribution >= 0.6 is 35.0 Å². The summed E-state index contributed by atoms with van der Waals surface area (Å²) in [5.74, 6) is 1.27. The van der Waals surface area contributed by atoms with E-state index in [1.165, 1.54) is 18.4 Å². The number of hydrogen-bond donors (Lipinski definition) is 1. The lowest BCUT2D eigenvalue weighted by molar-refractivity contribution is -0.130. The predicted octanol–water partition coefficient (Wildman–Crippen LogP) is 5.90. The van der Waals surface area contributed by atoms with E-state index in [1.807, 2.05) is 44.1 Å². The van der Waals surface area contributed by atoms with Gasteiger partial charge < -0.3 is 15.1 Å². The van der Waals surface area contributed by atoms with Crippen molar-refractivity contribution >= 4 is 40.9 Å². The number of likely N-dealkylation sites (tertiary alicyclic amines) is 1. The molecule has 1 atom stereocenters. The number of rotatable bonds is 8. The molecule has 2 aromatic carbocycles. The maximum absolute atomic E-state index is 12.4. The van der Waals surface area contributed by atoms with Gasteiger partial charge in [-0.25, -0.2) is 0 Å². The molecule has 2 aromatic rings. The molecule has 1 saturated heterocycles. The zero-order chi connectivity index (χ0) is 24.3. The second-order valence-electron chi connectivity index (χ2n) is 9.60. The minimum atomic E-state index is -0.405. The van der Waals surface area contributed by atoms with E-state index in [9.17, 15) is 4.79 Å². The summed E-state index contributed by atoms with van der Waals surface area (Å²) in [7, 11) is 3.86. The number of benzene rings is 2. The maximum atomic E-state index is 12.4. The summed E-state index contributed by atoms with van der Waals surface area (Å²) >= 11 is 14.8. The van der Waals surface area contributed by atoms with Crippen molar-refractivity contribution in [1.82, 2.24) is 15.1 Å². The van der Waals surface area contributed by atoms with Gasteiger partial charge in [-0.3, -0.25) is 4.79 Å². The van der Waals surface area contributed by atoms with Crippen LogP contribution in [0.2, 0.25) is 10.0 Å². The number of amides is 1. The van der Waals surface area contributed by atoms with Crippen LogP contribution < -0.4 is 5.32 Å². The highest BCUT2D eigenvalue weighted by molar-refractivity contribution is 7.99. The Morgan fingerprint density at radius 3 is 2.59 bits per heavy atom. The number of thioether (sulfide) groups is 1. The minimum absolute atomic E-state index is 0.136. The molecular formula is C27H35Cl2N3OS. The highest BCUT2D eigenvalue weighted by Crippen LogP contribution is 2.53. The molecule has 7 heteroatoms. The van der Waals surface area contributed by atoms with Crippen LogP contribution in [-0.2, 0) is 20.8 Å². The van der Waals surface area contributed by atoms with Crippen LogP contribution in [0.3, 0.4) is 0 Å². The van der Waals surface area contributed by atoms with Crippen molar-refractivity contribution in [2.45, 2.75) is 48.6 Å². The van der Waals surface area contributed by atoms with Gasteiger partial charge in [0.1, 0.15) is 0 Å². The van der Waals surface area contributed by atoms with E-state index in [0.29, 0.717) is 23.0 Å². The molecule has 1 fully saturated rings. The third-order valence-electron chi connectivity index (χ3n) is 7.72. The van der Waals surface area contributed by atoms with Crippen LogP contribution in [-0.4, -0.2) is 56.0 Å². The molecule has 1 N–H and O–H groups in total. The Kier molecular flexibility index (Phi) is 8.20. The van der Waals surface area contributed by atoms with E-state index in [1.54, 1.807) is 5.56 Å². The number of piperidine rings is 1. The van der Waals surface area contributed by atoms with Gasteiger partial charge in [-0.05, 0) is 68.2 Å². The van der Waals surface area contributed by atoms with E-state index in [0.717, 1.165) is 37.4 Å². The molecule has 184 valence electrons. The highest BCUT2D eigenvalue weighted by atomic mass is 35.5. The van der Waals surface area contributed by atoms with E-state index in [4.69, 9.17) is 23.2 Å². The van der Waals surface area contributed by atoms with Gasteiger partial charge in [0.05, 0.1) is 15.6 Å². The largest absolute Gasteiger partial charge is 0.344 e. The summed E-state index contributed by atoms with van der Waals surface area (Å²) in [6.07, 6.45) is 3.73. The zero-order valence-corrected chi connectivity index (χ0v) is 22.7. The summed E-state index contributed by atoms with van der Waals surface area (Å²) in [6.45, 7) is 5.62. The number of likely N-dealkylation sites (N-methyl/N-ethyl adjacent to an activating group) is 2. The number of nitrogens with zero attached hydrogens (tertiary/aromatic N) is 2. The number of hydrogen-bond acceptors (Lipinski definition) is 4. The average Bonchev–Trinajstić information content (AvgIpc) is 3.22. The lowest BCUT2D eigenvalue weighted by Crippen LogP contribution is -2.52. The fraction of sp³-hybridized carbons (Fsp3) is 0.519. The molecule has 0 radical (unpaired) electrons. The quantitative estimate of drug-likeness (QED) is 0.470. The van der Waals surface area contributed by atoms with Crippen molar-refractivity contribution < 1.29 is 4.79 Å². The van der Waals surface area contributed by atoms with Gasteiger partial charge in [-0.15, -0.1) is 11.8 Å². The molecule has 4 nitrogen and oxygen atoms in total. The number of carbonyl (C=O) groups excluding carboxylic acids is 1. The Balaban J connectivity index is 1.49. The molecular weight excluding hydrogens is 485 g/mol. The van der Waals surface area contributed by atoms with Crippen molar-refractivity contribution in [3.8, 4) is 0 Å². The summed E-state index contributed by atoms with van der Waals surface area (Å²) in [5, 5.41) is 4.65. The molecule has 0 bridgehead atoms. The molecule has 2 aliphatic heterocycles. The Morgan fingerprint density at radius 2 is 1.91 bits per heavy atom. The van der Waals surface area contributed by atoms with Gasteiger partial charge in [-0.1, -0.05) is 60.5 Å². The second kappa shape index (κ2) is 10.8. The molecule has 34 heavy (non-hydrogen) atoms. The van der Waals surface area contributed by atoms with Crippen molar-refractivity contribution in [1.29, 1.82) is 0 Å². The van der Waals surface area contributed by atoms with Gasteiger partial charge in [0.25, 0.3) is 0 Å². The molecule has 0 aliphatic carbocycles. The fourth-order valence-corrected chi connectivity index (χ4v) is 7.31. The normalized spacial score (nSPS) is 19.1. The van der Waals surface area contributed by atoms with Crippen molar-refractivity contribution in [2.24, 2.45) is 0 Å². The van der Waals surface area contributed by atoms with Crippen LogP contribution in [0, 0.1) is 0 Å². The Hall–Kier alpha value is -1.24. The molecule has 4 rings (SSSR count). The number of fused-ring (bicyclic) bond motifs is 2. The average molecular weight is 521 g/mol. The van der Waals surface area contributed by atoms with E-state index in [2.05, 4.69) is 46.2 Å². The highest BCUT2D eigenvalue weighted by Gasteiger charge is 2.42. The molecule has 0 saturated carbocycles. The fourth-order valence-electron chi connectivity index (χ4n) is 5.50. The minimum Gasteiger partial charge on any atom is -0.344 e. The molecule has 0 aromatic heterocycles. The Labute approximate surface area is 218 Å². The van der Waals surface area contributed by atoms with E-state index >= 15 is 0 Å². The maximum Gasteiger partial charge on any atom is 0.222 e. The summed E-state index contributed by atoms with van der Waals surface area (Å²) in [4.78, 5) is 16.9. The Bertz CT molecular complexity index is 1020. The Morgan fingerprint density at radius 1 is 1.18 bits per heavy atom. The first-order valence-electron chi connectivity index (χ1n) is 12.2. The van der Waals surface area contributed by atoms with Crippen LogP contribution in [0.4, 0.5) is 0 Å². The van der Waals surface area contributed by atoms with E-state index < -0.39 is 5.54 Å². The lowest BCUT2D eigenvalue weighted by atomic mass is 9.84. The summed E-state index contributed by atoms with van der Waals surface area (Å²) in [6, 6.07) is 14.8. The second-order valence-corrected chi connectivity index (χ2v) is 11.8. The van der Waals surface area contributed by atoms with Crippen LogP contribution in [0.15, 0.2) is 42.5 Å². The first-order valence-corrected chi connectivity index (χ1v) is 13.9. The standard InChI is InChI=1S/C27H35Cl2N3OS/c1-4-25(33)31(3)19-26(30-2,21-9-10-23(28)24(29)17-21)11-14-32-15-12-27(13-16-32)22-8-6-5-7-20(22)18-34-27/h5-10,17,30H,4,11-16,18-19H2,1-3H3/t26-/m1/s1. The van der Waals surface area contributed by atoms with Gasteiger partial charge in [0, 0.05) is 37.1 Å². The number of halogens is 2. The topological polar surface area (TPSA) is 35.6 Å². The SMILES string of the molecule is CCC(=O)N(C)C[C@@](CCN1CCC2(CC1)SCc1ccccc12)(NC)c1ccc(Cl)c(Cl)c1. The lowest BCUT2D eigenvalue weighted by Gasteiger charge is -2.42. The van der Waals surface area contributed by atoms with Crippen LogP contribution in [0.25, 0.3) is 0 Å². The molecule has 1 spiro atoms. The van der Waals surface area contributed by atoms with Gasteiger partial charge >= 0.3 is 0 Å². The van der Waals surface area contributed by atoms with Gasteiger partial charge in [-0.2, -0.15) is 0 Å². The van der Waals surface area contributed by atoms with Crippen LogP contribution in [0.1, 0.15) is 49.3 Å². The first-order chi connectivity index (χ1) is 16.3. The molecule has 0 unspecified atom stereocenters. The van der Waals surface area contributed by atoms with Crippen molar-refractivity contribution in [3.05, 3.63) is 69.2 Å². The zero-order valence-electron chi connectivity index (χ0n) is 20.4. The number of carbonyl (C=O) groups is 1. The van der Waals surface area contributed by atoms with E-state index in [-0.39, 0.29) is 10.7 Å². The van der Waals surface area contributed by atoms with Gasteiger partial charge in [0.2, 0.25) is 5.91 Å². The van der Waals surface area contributed by atoms with Crippen molar-refractivity contribution in [2.75, 3.05) is 40.3 Å². The molecule has 1 amide bonds. The van der Waals surface area contributed by atoms with Crippen LogP contribution in [0.5, 0.6) is 0 Å². The van der Waals surface area contributed by atoms with Gasteiger partial charge in [0.15, 0.2) is 0 Å². The smallest absolute Gasteiger partial charge is 0.222 e. The molecule has 2 heterocycles. The first kappa shape index (κ1) is 25.8. The number of nitrogens with one attached hydrogen (secondary N) is 1. The summed E-state index contributed by atoms with van der Waals surface area (Å²) in [5.41, 5.74) is 3.73. The third kappa shape index (κ3) is 5.15.